The molecule has 3 aromatic rings. The lowest BCUT2D eigenvalue weighted by atomic mass is 10.3. The molecule has 0 atom stereocenters. The van der Waals surface area contributed by atoms with E-state index in [0.29, 0.717) is 0 Å². The zero-order valence-electron chi connectivity index (χ0n) is 10.6. The number of halogens is 1. The number of nitrogens with one attached hydrogen (secondary N) is 1. The van der Waals surface area contributed by atoms with Crippen LogP contribution in [-0.2, 0) is 0 Å². The van der Waals surface area contributed by atoms with E-state index in [1.165, 1.54) is 16.8 Å². The highest BCUT2D eigenvalue weighted by atomic mass is 19.1. The van der Waals surface area contributed by atoms with Gasteiger partial charge in [0.05, 0.1) is 0 Å². The van der Waals surface area contributed by atoms with E-state index in [1.54, 1.807) is 30.6 Å². The molecule has 9 heteroatoms. The monoisotopic (exact) mass is 287 g/mol. The highest BCUT2D eigenvalue weighted by Gasteiger charge is 2.11. The van der Waals surface area contributed by atoms with Crippen molar-refractivity contribution in [2.75, 3.05) is 5.43 Å². The molecule has 1 aromatic carbocycles. The maximum atomic E-state index is 13.6. The van der Waals surface area contributed by atoms with Crippen LogP contribution in [0.15, 0.2) is 42.7 Å². The molecule has 0 fully saturated rings. The molecule has 0 bridgehead atoms. The third-order valence-corrected chi connectivity index (χ3v) is 2.48. The summed E-state index contributed by atoms with van der Waals surface area (Å²) < 4.78 is 20.3. The molecule has 0 spiro atoms. The van der Waals surface area contributed by atoms with Crippen LogP contribution in [0, 0.1) is 5.82 Å². The number of aromatic nitrogens is 5. The fourth-order valence-corrected chi connectivity index (χ4v) is 1.57. The number of nitrogen functional groups attached to an aromatic ring is 1. The van der Waals surface area contributed by atoms with Crippen molar-refractivity contribution in [1.29, 1.82) is 0 Å². The summed E-state index contributed by atoms with van der Waals surface area (Å²) in [7, 11) is 0. The molecule has 0 aliphatic carbocycles. The lowest BCUT2D eigenvalue weighted by molar-refractivity contribution is 0.408. The quantitative estimate of drug-likeness (QED) is 0.550. The van der Waals surface area contributed by atoms with Gasteiger partial charge in [0.25, 0.3) is 5.95 Å². The van der Waals surface area contributed by atoms with Crippen LogP contribution in [-0.4, -0.2) is 24.7 Å². The normalized spacial score (nSPS) is 10.4. The van der Waals surface area contributed by atoms with E-state index < -0.39 is 5.82 Å². The van der Waals surface area contributed by atoms with E-state index in [-0.39, 0.29) is 23.7 Å². The first-order valence-corrected chi connectivity index (χ1v) is 5.91. The third kappa shape index (κ3) is 2.77. The second-order valence-corrected chi connectivity index (χ2v) is 3.87. The van der Waals surface area contributed by atoms with Crippen molar-refractivity contribution in [3.63, 3.8) is 0 Å². The lowest BCUT2D eigenvalue weighted by Gasteiger charge is -2.08. The molecule has 0 saturated heterocycles. The predicted molar refractivity (Wildman–Crippen MR) is 71.2 cm³/mol. The van der Waals surface area contributed by atoms with Crippen molar-refractivity contribution in [1.82, 2.24) is 24.7 Å². The van der Waals surface area contributed by atoms with Crippen molar-refractivity contribution in [3.8, 4) is 17.7 Å². The summed E-state index contributed by atoms with van der Waals surface area (Å²) in [6.07, 6.45) is 3.21. The number of para-hydroxylation sites is 1. The molecular weight excluding hydrogens is 277 g/mol. The van der Waals surface area contributed by atoms with E-state index in [1.807, 2.05) is 0 Å². The van der Waals surface area contributed by atoms with Crippen molar-refractivity contribution in [2.24, 2.45) is 5.84 Å². The number of rotatable bonds is 4. The minimum Gasteiger partial charge on any atom is -0.421 e. The van der Waals surface area contributed by atoms with Crippen molar-refractivity contribution < 1.29 is 9.13 Å². The standard InChI is InChI=1S/C12H10FN7O/c13-8-4-1-2-5-9(8)21-12-17-10(19-14)16-11(18-12)20-7-3-6-15-20/h1-7H,14H2,(H,16,17,18,19). The molecule has 0 saturated carbocycles. The van der Waals surface area contributed by atoms with Crippen molar-refractivity contribution in [2.45, 2.75) is 0 Å². The molecule has 0 unspecified atom stereocenters. The summed E-state index contributed by atoms with van der Waals surface area (Å²) in [5, 5.41) is 3.99. The van der Waals surface area contributed by atoms with E-state index in [4.69, 9.17) is 10.6 Å². The molecule has 3 rings (SSSR count). The number of hydrazine groups is 1. The number of anilines is 1. The highest BCUT2D eigenvalue weighted by Crippen LogP contribution is 2.22. The van der Waals surface area contributed by atoms with Gasteiger partial charge in [-0.2, -0.15) is 20.1 Å². The lowest BCUT2D eigenvalue weighted by Crippen LogP contribution is -2.14. The van der Waals surface area contributed by atoms with E-state index in [0.717, 1.165) is 0 Å². The maximum Gasteiger partial charge on any atom is 0.328 e. The second kappa shape index (κ2) is 5.51. The molecule has 2 aromatic heterocycles. The van der Waals surface area contributed by atoms with Gasteiger partial charge < -0.3 is 4.74 Å². The number of ether oxygens (including phenoxy) is 1. The zero-order valence-corrected chi connectivity index (χ0v) is 10.6. The average Bonchev–Trinajstić information content (AvgIpc) is 3.04. The summed E-state index contributed by atoms with van der Waals surface area (Å²) in [5.74, 6) is 5.03. The number of nitrogens with two attached hydrogens (primary N) is 1. The van der Waals surface area contributed by atoms with E-state index in [9.17, 15) is 4.39 Å². The third-order valence-electron chi connectivity index (χ3n) is 2.48. The van der Waals surface area contributed by atoms with Gasteiger partial charge in [0.1, 0.15) is 0 Å². The van der Waals surface area contributed by atoms with Crippen LogP contribution in [0.1, 0.15) is 0 Å². The molecule has 0 radical (unpaired) electrons. The van der Waals surface area contributed by atoms with E-state index in [2.05, 4.69) is 25.5 Å². The fraction of sp³-hybridized carbons (Fsp3) is 0. The topological polar surface area (TPSA) is 104 Å². The first-order chi connectivity index (χ1) is 10.3. The van der Waals surface area contributed by atoms with Gasteiger partial charge in [-0.25, -0.2) is 14.9 Å². The van der Waals surface area contributed by atoms with Gasteiger partial charge in [-0.05, 0) is 18.2 Å². The van der Waals surface area contributed by atoms with Crippen LogP contribution in [0.3, 0.4) is 0 Å². The Balaban J connectivity index is 1.99. The molecule has 3 N–H and O–H groups in total. The highest BCUT2D eigenvalue weighted by molar-refractivity contribution is 5.31. The Bertz CT molecular complexity index is 747. The minimum absolute atomic E-state index is 0.00177. The Hall–Kier alpha value is -3.07. The molecular formula is C12H10FN7O. The zero-order chi connectivity index (χ0) is 14.7. The first-order valence-electron chi connectivity index (χ1n) is 5.91. The van der Waals surface area contributed by atoms with Gasteiger partial charge in [-0.1, -0.05) is 12.1 Å². The Morgan fingerprint density at radius 2 is 2.00 bits per heavy atom. The predicted octanol–water partition coefficient (Wildman–Crippen LogP) is 1.27. The minimum atomic E-state index is -0.527. The summed E-state index contributed by atoms with van der Waals surface area (Å²) in [6.45, 7) is 0. The van der Waals surface area contributed by atoms with Crippen molar-refractivity contribution >= 4 is 5.95 Å². The number of benzene rings is 1. The van der Waals surface area contributed by atoms with Crippen LogP contribution in [0.5, 0.6) is 11.8 Å². The SMILES string of the molecule is NNc1nc(Oc2ccccc2F)nc(-n2cccn2)n1. The van der Waals surface area contributed by atoms with Gasteiger partial charge in [0.15, 0.2) is 11.6 Å². The van der Waals surface area contributed by atoms with Gasteiger partial charge in [-0.15, -0.1) is 0 Å². The Labute approximate surface area is 118 Å². The molecule has 8 nitrogen and oxygen atoms in total. The van der Waals surface area contributed by atoms with Gasteiger partial charge in [0, 0.05) is 12.4 Å². The fourth-order valence-electron chi connectivity index (χ4n) is 1.57. The maximum absolute atomic E-state index is 13.6. The van der Waals surface area contributed by atoms with Crippen molar-refractivity contribution in [3.05, 3.63) is 48.5 Å². The number of hydrogen-bond acceptors (Lipinski definition) is 7. The Morgan fingerprint density at radius 1 is 1.14 bits per heavy atom. The smallest absolute Gasteiger partial charge is 0.328 e. The van der Waals surface area contributed by atoms with Crippen LogP contribution < -0.4 is 16.0 Å². The van der Waals surface area contributed by atoms with Gasteiger partial charge in [0.2, 0.25) is 5.95 Å². The van der Waals surface area contributed by atoms with E-state index >= 15 is 0 Å². The summed E-state index contributed by atoms with van der Waals surface area (Å²) in [5.41, 5.74) is 2.29. The average molecular weight is 287 g/mol. The molecule has 0 amide bonds. The molecule has 0 aliphatic rings. The molecule has 2 heterocycles. The number of hydrogen-bond donors (Lipinski definition) is 2. The summed E-state index contributed by atoms with van der Waals surface area (Å²) in [4.78, 5) is 12.0. The first kappa shape index (κ1) is 12.9. The Morgan fingerprint density at radius 3 is 2.71 bits per heavy atom. The summed E-state index contributed by atoms with van der Waals surface area (Å²) >= 11 is 0. The summed E-state index contributed by atoms with van der Waals surface area (Å²) in [6, 6.07) is 7.52. The van der Waals surface area contributed by atoms with Crippen LogP contribution in [0.4, 0.5) is 10.3 Å². The Kier molecular flexibility index (Phi) is 3.39. The van der Waals surface area contributed by atoms with Gasteiger partial charge in [-0.3, -0.25) is 5.43 Å². The largest absolute Gasteiger partial charge is 0.421 e. The van der Waals surface area contributed by atoms with Crippen LogP contribution in [0.2, 0.25) is 0 Å². The van der Waals surface area contributed by atoms with Gasteiger partial charge >= 0.3 is 6.01 Å². The molecule has 106 valence electrons. The second-order valence-electron chi connectivity index (χ2n) is 3.87. The van der Waals surface area contributed by atoms with Crippen LogP contribution >= 0.6 is 0 Å². The molecule has 21 heavy (non-hydrogen) atoms. The van der Waals surface area contributed by atoms with Crippen LogP contribution in [0.25, 0.3) is 5.95 Å². The molecule has 0 aliphatic heterocycles. The number of nitrogens with zero attached hydrogens (tertiary/aromatic N) is 5.